The lowest BCUT2D eigenvalue weighted by Crippen LogP contribution is -2.11. The van der Waals surface area contributed by atoms with Crippen molar-refractivity contribution in [3.05, 3.63) is 30.3 Å². The quantitative estimate of drug-likeness (QED) is 0.526. The fourth-order valence-corrected chi connectivity index (χ4v) is 3.13. The van der Waals surface area contributed by atoms with Crippen molar-refractivity contribution in [2.24, 2.45) is 0 Å². The van der Waals surface area contributed by atoms with Crippen LogP contribution in [0.5, 0.6) is 5.75 Å². The third-order valence-electron chi connectivity index (χ3n) is 2.79. The Morgan fingerprint density at radius 2 is 1.73 bits per heavy atom. The summed E-state index contributed by atoms with van der Waals surface area (Å²) in [5.41, 5.74) is 0.211. The molecule has 8 heteroatoms. The number of hydrogen-bond donors (Lipinski definition) is 1. The summed E-state index contributed by atoms with van der Waals surface area (Å²) < 4.78 is 28.5. The van der Waals surface area contributed by atoms with Crippen LogP contribution in [0.4, 0.5) is 5.69 Å². The van der Waals surface area contributed by atoms with Crippen molar-refractivity contribution in [2.75, 3.05) is 5.32 Å². The van der Waals surface area contributed by atoms with Crippen LogP contribution in [0.2, 0.25) is 0 Å². The minimum absolute atomic E-state index is 0.0828. The standard InChI is InChI=1S/C14H12ClNO5S/c1-8(17)16-14-11-6-4-3-5-10(11)13(22(15,19)20)7-12(14)21-9(2)18/h3-7H,1-2H3,(H,16,17). The van der Waals surface area contributed by atoms with Gasteiger partial charge in [-0.15, -0.1) is 0 Å². The van der Waals surface area contributed by atoms with Crippen LogP contribution >= 0.6 is 10.7 Å². The van der Waals surface area contributed by atoms with Crippen molar-refractivity contribution in [2.45, 2.75) is 18.7 Å². The number of nitrogens with one attached hydrogen (secondary N) is 1. The van der Waals surface area contributed by atoms with Gasteiger partial charge in [-0.1, -0.05) is 24.3 Å². The van der Waals surface area contributed by atoms with E-state index in [1.165, 1.54) is 13.8 Å². The van der Waals surface area contributed by atoms with Crippen LogP contribution in [-0.4, -0.2) is 20.3 Å². The molecule has 0 aromatic heterocycles. The number of fused-ring (bicyclic) bond motifs is 1. The highest BCUT2D eigenvalue weighted by Gasteiger charge is 2.21. The van der Waals surface area contributed by atoms with Gasteiger partial charge in [0, 0.05) is 41.4 Å². The van der Waals surface area contributed by atoms with Gasteiger partial charge >= 0.3 is 5.97 Å². The van der Waals surface area contributed by atoms with Gasteiger partial charge in [0.15, 0.2) is 5.75 Å². The van der Waals surface area contributed by atoms with Crippen molar-refractivity contribution >= 4 is 48.1 Å². The van der Waals surface area contributed by atoms with E-state index in [2.05, 4.69) is 5.32 Å². The highest BCUT2D eigenvalue weighted by atomic mass is 35.7. The second-order valence-electron chi connectivity index (χ2n) is 4.51. The van der Waals surface area contributed by atoms with Gasteiger partial charge in [0.05, 0.1) is 10.6 Å². The molecule has 116 valence electrons. The Labute approximate surface area is 131 Å². The lowest BCUT2D eigenvalue weighted by Gasteiger charge is -2.15. The number of esters is 1. The molecule has 2 rings (SSSR count). The summed E-state index contributed by atoms with van der Waals surface area (Å²) in [5.74, 6) is -1.12. The molecule has 22 heavy (non-hydrogen) atoms. The lowest BCUT2D eigenvalue weighted by molar-refractivity contribution is -0.131. The Hall–Kier alpha value is -2.12. The fourth-order valence-electron chi connectivity index (χ4n) is 2.06. The van der Waals surface area contributed by atoms with Crippen LogP contribution in [0, 0.1) is 0 Å². The van der Waals surface area contributed by atoms with Crippen molar-refractivity contribution in [3.63, 3.8) is 0 Å². The fraction of sp³-hybridized carbons (Fsp3) is 0.143. The molecule has 6 nitrogen and oxygen atoms in total. The summed E-state index contributed by atoms with van der Waals surface area (Å²) >= 11 is 0. The highest BCUT2D eigenvalue weighted by molar-refractivity contribution is 8.14. The van der Waals surface area contributed by atoms with Crippen molar-refractivity contribution in [1.29, 1.82) is 0 Å². The molecule has 0 aliphatic heterocycles. The Balaban J connectivity index is 2.90. The third kappa shape index (κ3) is 3.37. The van der Waals surface area contributed by atoms with Crippen LogP contribution in [0.1, 0.15) is 13.8 Å². The molecular weight excluding hydrogens is 330 g/mol. The van der Waals surface area contributed by atoms with Gasteiger partial charge in [0.25, 0.3) is 9.05 Å². The largest absolute Gasteiger partial charge is 0.424 e. The van der Waals surface area contributed by atoms with Crippen LogP contribution < -0.4 is 10.1 Å². The molecule has 0 atom stereocenters. The van der Waals surface area contributed by atoms with E-state index in [-0.39, 0.29) is 22.2 Å². The first-order valence-electron chi connectivity index (χ1n) is 6.16. The number of carbonyl (C=O) groups excluding carboxylic acids is 2. The molecule has 0 bridgehead atoms. The molecular formula is C14H12ClNO5S. The average molecular weight is 342 g/mol. The molecule has 0 aliphatic carbocycles. The van der Waals surface area contributed by atoms with Crippen molar-refractivity contribution in [3.8, 4) is 5.75 Å². The summed E-state index contributed by atoms with van der Waals surface area (Å²) in [4.78, 5) is 22.4. The van der Waals surface area contributed by atoms with Crippen molar-refractivity contribution < 1.29 is 22.7 Å². The Kier molecular flexibility index (Phi) is 4.39. The van der Waals surface area contributed by atoms with E-state index in [9.17, 15) is 18.0 Å². The van der Waals surface area contributed by atoms with Crippen LogP contribution in [0.15, 0.2) is 35.2 Å². The molecule has 0 saturated carbocycles. The number of ether oxygens (including phenoxy) is 1. The van der Waals surface area contributed by atoms with E-state index in [4.69, 9.17) is 15.4 Å². The smallest absolute Gasteiger partial charge is 0.308 e. The number of carbonyl (C=O) groups is 2. The summed E-state index contributed by atoms with van der Waals surface area (Å²) in [5, 5.41) is 3.26. The monoisotopic (exact) mass is 341 g/mol. The van der Waals surface area contributed by atoms with Gasteiger partial charge in [-0.05, 0) is 0 Å². The maximum Gasteiger partial charge on any atom is 0.308 e. The molecule has 0 spiro atoms. The predicted molar refractivity (Wildman–Crippen MR) is 82.6 cm³/mol. The van der Waals surface area contributed by atoms with E-state index in [0.717, 1.165) is 6.07 Å². The van der Waals surface area contributed by atoms with Crippen LogP contribution in [0.25, 0.3) is 10.8 Å². The molecule has 2 aromatic carbocycles. The Morgan fingerprint density at radius 1 is 1.14 bits per heavy atom. The van der Waals surface area contributed by atoms with Gasteiger partial charge in [-0.25, -0.2) is 8.42 Å². The second kappa shape index (κ2) is 5.94. The van der Waals surface area contributed by atoms with Gasteiger partial charge in [-0.2, -0.15) is 0 Å². The minimum atomic E-state index is -4.06. The van der Waals surface area contributed by atoms with E-state index in [1.807, 2.05) is 0 Å². The van der Waals surface area contributed by atoms with E-state index in [1.54, 1.807) is 24.3 Å². The third-order valence-corrected chi connectivity index (χ3v) is 4.15. The maximum absolute atomic E-state index is 11.8. The van der Waals surface area contributed by atoms with Crippen molar-refractivity contribution in [1.82, 2.24) is 0 Å². The molecule has 0 aliphatic rings. The molecule has 0 unspecified atom stereocenters. The van der Waals surface area contributed by atoms with E-state index in [0.29, 0.717) is 10.8 Å². The number of hydrogen-bond acceptors (Lipinski definition) is 5. The van der Waals surface area contributed by atoms with Gasteiger partial charge in [0.2, 0.25) is 5.91 Å². The first-order valence-corrected chi connectivity index (χ1v) is 8.47. The molecule has 1 amide bonds. The topological polar surface area (TPSA) is 89.5 Å². The normalized spacial score (nSPS) is 11.2. The summed E-state index contributed by atoms with van der Waals surface area (Å²) in [6, 6.07) is 7.57. The first-order chi connectivity index (χ1) is 10.2. The first kappa shape index (κ1) is 16.3. The number of benzene rings is 2. The van der Waals surface area contributed by atoms with Gasteiger partial charge in [-0.3, -0.25) is 9.59 Å². The molecule has 1 N–H and O–H groups in total. The zero-order valence-corrected chi connectivity index (χ0v) is 13.3. The molecule has 0 radical (unpaired) electrons. The zero-order valence-electron chi connectivity index (χ0n) is 11.7. The Morgan fingerprint density at radius 3 is 2.23 bits per heavy atom. The van der Waals surface area contributed by atoms with E-state index < -0.39 is 15.0 Å². The predicted octanol–water partition coefficient (Wildman–Crippen LogP) is 2.65. The molecule has 0 saturated heterocycles. The SMILES string of the molecule is CC(=O)Nc1c(OC(C)=O)cc(S(=O)(=O)Cl)c2ccccc12. The van der Waals surface area contributed by atoms with Crippen LogP contribution in [-0.2, 0) is 18.6 Å². The number of anilines is 1. The van der Waals surface area contributed by atoms with Gasteiger partial charge < -0.3 is 10.1 Å². The minimum Gasteiger partial charge on any atom is -0.424 e. The van der Waals surface area contributed by atoms with Crippen LogP contribution in [0.3, 0.4) is 0 Å². The second-order valence-corrected chi connectivity index (χ2v) is 7.04. The lowest BCUT2D eigenvalue weighted by atomic mass is 10.1. The number of rotatable bonds is 3. The molecule has 0 fully saturated rings. The highest BCUT2D eigenvalue weighted by Crippen LogP contribution is 2.39. The molecule has 2 aromatic rings. The zero-order chi connectivity index (χ0) is 16.5. The maximum atomic E-state index is 11.8. The summed E-state index contributed by atoms with van der Waals surface area (Å²) in [6.07, 6.45) is 0. The number of halogens is 1. The Bertz CT molecular complexity index is 876. The summed E-state index contributed by atoms with van der Waals surface area (Å²) in [6.45, 7) is 2.46. The van der Waals surface area contributed by atoms with E-state index >= 15 is 0 Å². The number of amides is 1. The average Bonchev–Trinajstić information content (AvgIpc) is 2.39. The molecule has 0 heterocycles. The summed E-state index contributed by atoms with van der Waals surface area (Å²) in [7, 11) is 1.38. The van der Waals surface area contributed by atoms with Gasteiger partial charge in [0.1, 0.15) is 0 Å².